The van der Waals surface area contributed by atoms with Gasteiger partial charge in [0.2, 0.25) is 10.0 Å². The van der Waals surface area contributed by atoms with Crippen LogP contribution in [-0.2, 0) is 27.6 Å². The summed E-state index contributed by atoms with van der Waals surface area (Å²) in [5, 5.41) is 23.8. The van der Waals surface area contributed by atoms with E-state index in [1.165, 1.54) is 10.8 Å². The van der Waals surface area contributed by atoms with Gasteiger partial charge in [0.1, 0.15) is 12.3 Å². The highest BCUT2D eigenvalue weighted by Crippen LogP contribution is 2.39. The van der Waals surface area contributed by atoms with E-state index in [1.54, 1.807) is 37.3 Å². The van der Waals surface area contributed by atoms with E-state index in [0.29, 0.717) is 29.4 Å². The number of sulfonamides is 1. The van der Waals surface area contributed by atoms with Gasteiger partial charge in [-0.05, 0) is 62.4 Å². The van der Waals surface area contributed by atoms with Crippen molar-refractivity contribution in [3.63, 3.8) is 0 Å². The number of aliphatic hydroxyl groups is 1. The molecular weight excluding hydrogens is 737 g/mol. The number of aromatic nitrogens is 5. The molecule has 16 heteroatoms. The number of amides is 1. The van der Waals surface area contributed by atoms with E-state index in [0.717, 1.165) is 60.1 Å². The van der Waals surface area contributed by atoms with E-state index in [9.17, 15) is 27.9 Å². The molecule has 5 aromatic rings. The van der Waals surface area contributed by atoms with Crippen molar-refractivity contribution in [2.24, 2.45) is 0 Å². The molecule has 1 amide bonds. The van der Waals surface area contributed by atoms with E-state index in [1.807, 2.05) is 54.0 Å². The normalized spacial score (nSPS) is 20.0. The molecule has 3 heterocycles. The Bertz CT molecular complexity index is 2440. The number of nitrogens with one attached hydrogen (secondary N) is 3. The lowest BCUT2D eigenvalue weighted by Gasteiger charge is -2.22. The van der Waals surface area contributed by atoms with E-state index in [4.69, 9.17) is 4.74 Å². The topological polar surface area (TPSA) is 194 Å². The maximum absolute atomic E-state index is 13.3. The molecule has 1 saturated heterocycles. The van der Waals surface area contributed by atoms with Crippen LogP contribution < -0.4 is 26.2 Å². The Hall–Kier alpha value is -5.16. The minimum atomic E-state index is -3.84. The Labute approximate surface area is 324 Å². The van der Waals surface area contributed by atoms with Crippen LogP contribution in [0.3, 0.4) is 0 Å². The Balaban J connectivity index is 0.986. The van der Waals surface area contributed by atoms with Crippen LogP contribution in [0.5, 0.6) is 0 Å². The van der Waals surface area contributed by atoms with Crippen molar-refractivity contribution in [2.75, 3.05) is 38.7 Å². The predicted octanol–water partition coefficient (Wildman–Crippen LogP) is 3.33. The molecule has 0 bridgehead atoms. The van der Waals surface area contributed by atoms with Crippen LogP contribution in [0.4, 0.5) is 5.69 Å². The smallest absolute Gasteiger partial charge is 0.330 e. The number of rotatable bonds is 12. The van der Waals surface area contributed by atoms with Gasteiger partial charge in [-0.3, -0.25) is 19.1 Å². The highest BCUT2D eigenvalue weighted by atomic mass is 32.2. The third kappa shape index (κ3) is 8.05. The molecule has 0 radical (unpaired) electrons. The average molecular weight is 785 g/mol. The van der Waals surface area contributed by atoms with Gasteiger partial charge in [0, 0.05) is 73.3 Å². The summed E-state index contributed by atoms with van der Waals surface area (Å²) in [6.07, 6.45) is 5.99. The number of benzene rings is 3. The van der Waals surface area contributed by atoms with Crippen molar-refractivity contribution < 1.29 is 23.1 Å². The summed E-state index contributed by atoms with van der Waals surface area (Å²) in [4.78, 5) is 42.1. The minimum Gasteiger partial charge on any atom is -0.394 e. The highest BCUT2D eigenvalue weighted by molar-refractivity contribution is 7.89. The number of hydrogen-bond acceptors (Lipinski definition) is 10. The molecule has 1 aliphatic heterocycles. The molecule has 2 aromatic heterocycles. The SMILES string of the molecule is Cc1cn([C@H]2C[C@H](n3nnc4c3CCCCCC4Cc3ccc(C(=O)NCCNS(=O)(=O)c4cccc5c(N(C)C)cccc45)cc3)[C@@H](CO)O2)c(=O)[nH]c1=O. The lowest BCUT2D eigenvalue weighted by molar-refractivity contribution is -0.0325. The molecule has 4 atom stereocenters. The van der Waals surface area contributed by atoms with E-state index < -0.39 is 33.6 Å². The van der Waals surface area contributed by atoms with Crippen LogP contribution in [0.25, 0.3) is 10.8 Å². The lowest BCUT2D eigenvalue weighted by Crippen LogP contribution is -2.34. The van der Waals surface area contributed by atoms with Gasteiger partial charge < -0.3 is 20.1 Å². The zero-order valence-electron chi connectivity index (χ0n) is 31.8. The molecule has 1 aliphatic carbocycles. The summed E-state index contributed by atoms with van der Waals surface area (Å²) in [5.74, 6) is -0.222. The third-order valence-corrected chi connectivity index (χ3v) is 12.4. The third-order valence-electron chi connectivity index (χ3n) is 10.9. The molecule has 56 heavy (non-hydrogen) atoms. The van der Waals surface area contributed by atoms with Crippen LogP contribution in [-0.4, -0.2) is 83.9 Å². The summed E-state index contributed by atoms with van der Waals surface area (Å²) < 4.78 is 38.5. The number of carbonyl (C=O) groups is 1. The van der Waals surface area contributed by atoms with Gasteiger partial charge in [0.05, 0.1) is 28.9 Å². The Kier molecular flexibility index (Phi) is 11.5. The van der Waals surface area contributed by atoms with Crippen LogP contribution >= 0.6 is 0 Å². The quantitative estimate of drug-likeness (QED) is 0.137. The summed E-state index contributed by atoms with van der Waals surface area (Å²) in [7, 11) is -0.00965. The summed E-state index contributed by atoms with van der Waals surface area (Å²) in [6.45, 7) is 1.49. The lowest BCUT2D eigenvalue weighted by atomic mass is 9.86. The largest absolute Gasteiger partial charge is 0.394 e. The van der Waals surface area contributed by atoms with E-state index in [-0.39, 0.29) is 42.5 Å². The molecule has 1 fully saturated rings. The van der Waals surface area contributed by atoms with Crippen molar-refractivity contribution >= 4 is 32.4 Å². The maximum Gasteiger partial charge on any atom is 0.330 e. The second-order valence-electron chi connectivity index (χ2n) is 14.8. The number of aromatic amines is 1. The summed E-state index contributed by atoms with van der Waals surface area (Å²) in [6, 6.07) is 17.8. The molecule has 0 spiro atoms. The van der Waals surface area contributed by atoms with Gasteiger partial charge in [-0.1, -0.05) is 54.5 Å². The van der Waals surface area contributed by atoms with Crippen LogP contribution in [0.1, 0.15) is 83.2 Å². The zero-order chi connectivity index (χ0) is 39.6. The van der Waals surface area contributed by atoms with Crippen LogP contribution in [0.2, 0.25) is 0 Å². The Morgan fingerprint density at radius 2 is 1.79 bits per heavy atom. The number of carbonyl (C=O) groups excluding carboxylic acids is 1. The number of ether oxygens (including phenoxy) is 1. The molecule has 15 nitrogen and oxygen atoms in total. The average Bonchev–Trinajstić information content (AvgIpc) is 3.79. The standard InChI is InChI=1S/C40H48N8O7S/c1-25-23-47(40(52)43-38(25)50)36-22-33(34(24-49)55-36)48-32-12-6-4-5-9-28(37(32)44-45-48)21-26-15-17-27(18-16-26)39(51)41-19-20-42-56(53,54)35-14-8-10-29-30(35)11-7-13-31(29)46(2)3/h7-8,10-11,13-18,23,28,33-34,36,42,49H,4-6,9,12,19-22,24H2,1-3H3,(H,41,51)(H,43,50,52)/t28?,33-,34+,36+/m0/s1. The molecular formula is C40H48N8O7S. The molecule has 0 saturated carbocycles. The zero-order valence-corrected chi connectivity index (χ0v) is 32.6. The van der Waals surface area contributed by atoms with Crippen LogP contribution in [0.15, 0.2) is 81.3 Å². The first-order valence-corrected chi connectivity index (χ1v) is 20.5. The summed E-state index contributed by atoms with van der Waals surface area (Å²) in [5.41, 5.74) is 3.70. The molecule has 2 aliphatic rings. The number of aryl methyl sites for hydroxylation is 1. The van der Waals surface area contributed by atoms with Crippen molar-refractivity contribution in [3.05, 3.63) is 116 Å². The van der Waals surface area contributed by atoms with Crippen molar-refractivity contribution in [2.45, 2.75) is 81.1 Å². The Morgan fingerprint density at radius 3 is 2.55 bits per heavy atom. The van der Waals surface area contributed by atoms with E-state index >= 15 is 0 Å². The second kappa shape index (κ2) is 16.5. The molecule has 3 aromatic carbocycles. The molecule has 4 N–H and O–H groups in total. The highest BCUT2D eigenvalue weighted by Gasteiger charge is 2.40. The number of anilines is 1. The van der Waals surface area contributed by atoms with Crippen molar-refractivity contribution in [1.82, 2.24) is 34.6 Å². The van der Waals surface area contributed by atoms with Crippen molar-refractivity contribution in [1.29, 1.82) is 0 Å². The number of hydrogen-bond donors (Lipinski definition) is 4. The Morgan fingerprint density at radius 1 is 1.02 bits per heavy atom. The van der Waals surface area contributed by atoms with Gasteiger partial charge in [-0.15, -0.1) is 5.10 Å². The molecule has 1 unspecified atom stereocenters. The van der Waals surface area contributed by atoms with E-state index in [2.05, 4.69) is 25.3 Å². The van der Waals surface area contributed by atoms with Gasteiger partial charge in [-0.2, -0.15) is 0 Å². The summed E-state index contributed by atoms with van der Waals surface area (Å²) >= 11 is 0. The fraction of sp³-hybridized carbons (Fsp3) is 0.425. The fourth-order valence-electron chi connectivity index (χ4n) is 7.96. The maximum atomic E-state index is 13.3. The number of nitrogens with zero attached hydrogens (tertiary/aromatic N) is 5. The monoisotopic (exact) mass is 784 g/mol. The molecule has 296 valence electrons. The van der Waals surface area contributed by atoms with Gasteiger partial charge >= 0.3 is 5.69 Å². The van der Waals surface area contributed by atoms with Gasteiger partial charge in [0.25, 0.3) is 11.5 Å². The van der Waals surface area contributed by atoms with Crippen molar-refractivity contribution in [3.8, 4) is 0 Å². The fourth-order valence-corrected chi connectivity index (χ4v) is 9.21. The first-order valence-electron chi connectivity index (χ1n) is 19.0. The number of fused-ring (bicyclic) bond motifs is 2. The first kappa shape index (κ1) is 39.1. The van der Waals surface area contributed by atoms with Gasteiger partial charge in [0.15, 0.2) is 0 Å². The first-order chi connectivity index (χ1) is 26.9. The molecule has 7 rings (SSSR count). The minimum absolute atomic E-state index is 0.0264. The van der Waals surface area contributed by atoms with Gasteiger partial charge in [-0.25, -0.2) is 22.6 Å². The second-order valence-corrected chi connectivity index (χ2v) is 16.6. The van der Waals surface area contributed by atoms with Crippen LogP contribution in [0, 0.1) is 6.92 Å². The predicted molar refractivity (Wildman–Crippen MR) is 212 cm³/mol. The number of H-pyrrole nitrogens is 1. The number of aliphatic hydroxyl groups excluding tert-OH is 1.